The second-order valence-electron chi connectivity index (χ2n) is 1.20. The normalized spacial score (nSPS) is 11.5. The Bertz CT molecular complexity index is 68.8. The predicted molar refractivity (Wildman–Crippen MR) is 32.7 cm³/mol. The molecule has 3 heteroatoms. The van der Waals surface area contributed by atoms with Gasteiger partial charge >= 0.3 is 0 Å². The van der Waals surface area contributed by atoms with Crippen LogP contribution in [0.1, 0.15) is 0 Å². The molecule has 0 saturated carbocycles. The van der Waals surface area contributed by atoms with Crippen molar-refractivity contribution in [3.05, 3.63) is 11.8 Å². The molecule has 0 aliphatic heterocycles. The molecule has 8 heavy (non-hydrogen) atoms. The molecule has 0 spiro atoms. The van der Waals surface area contributed by atoms with Crippen molar-refractivity contribution in [2.45, 2.75) is 6.29 Å². The molecule has 0 atom stereocenters. The Morgan fingerprint density at radius 3 is 2.00 bits per heavy atom. The minimum absolute atomic E-state index is 0.229. The molecular weight excluding hydrogens is 120 g/mol. The average molecular weight is 129 g/mol. The van der Waals surface area contributed by atoms with E-state index in [0.29, 0.717) is 0 Å². The summed E-state index contributed by atoms with van der Waals surface area (Å²) < 4.78 is 9.60. The molecule has 0 aliphatic rings. The molecule has 0 unspecified atom stereocenters. The third-order valence-corrected chi connectivity index (χ3v) is 0.910. The van der Waals surface area contributed by atoms with Gasteiger partial charge in [0, 0.05) is 14.2 Å². The van der Waals surface area contributed by atoms with Crippen molar-refractivity contribution >= 4 is 10.2 Å². The topological polar surface area (TPSA) is 18.5 Å². The lowest BCUT2D eigenvalue weighted by Gasteiger charge is -2.05. The summed E-state index contributed by atoms with van der Waals surface area (Å²) in [5.74, 6) is 0. The Hall–Kier alpha value is -0.123. The fourth-order valence-electron chi connectivity index (χ4n) is 0.332. The van der Waals surface area contributed by atoms with Crippen LogP contribution >= 0.6 is 0 Å². The van der Waals surface area contributed by atoms with Gasteiger partial charge in [-0.1, -0.05) is 0 Å². The van der Waals surface area contributed by atoms with Crippen molar-refractivity contribution in [2.24, 2.45) is 0 Å². The van der Waals surface area contributed by atoms with Gasteiger partial charge in [-0.2, -0.15) is 0 Å². The summed E-state index contributed by atoms with van der Waals surface area (Å²) in [6.07, 6.45) is 1.52. The summed E-state index contributed by atoms with van der Waals surface area (Å²) in [6, 6.07) is 0. The molecule has 0 fully saturated rings. The molecular formula is C5H9O2Si. The van der Waals surface area contributed by atoms with E-state index in [4.69, 9.17) is 9.47 Å². The van der Waals surface area contributed by atoms with Crippen molar-refractivity contribution < 1.29 is 9.47 Å². The Kier molecular flexibility index (Phi) is 4.95. The van der Waals surface area contributed by atoms with Gasteiger partial charge in [-0.05, 0) is 6.08 Å². The van der Waals surface area contributed by atoms with Crippen LogP contribution in [0.4, 0.5) is 0 Å². The molecule has 0 bridgehead atoms. The lowest BCUT2D eigenvalue weighted by Crippen LogP contribution is -2.08. The summed E-state index contributed by atoms with van der Waals surface area (Å²) in [4.78, 5) is 0. The molecule has 2 nitrogen and oxygen atoms in total. The Labute approximate surface area is 52.9 Å². The molecule has 0 aromatic rings. The minimum atomic E-state index is -0.229. The summed E-state index contributed by atoms with van der Waals surface area (Å²) in [5, 5.41) is 0. The molecule has 0 amide bonds. The van der Waals surface area contributed by atoms with Crippen LogP contribution in [0.25, 0.3) is 0 Å². The molecule has 0 aliphatic carbocycles. The molecule has 0 saturated heterocycles. The first-order chi connectivity index (χ1) is 3.85. The SMILES string of the molecule is COC(/C=C/[Si])OC. The molecule has 0 N–H and O–H groups in total. The van der Waals surface area contributed by atoms with E-state index in [-0.39, 0.29) is 6.29 Å². The summed E-state index contributed by atoms with van der Waals surface area (Å²) >= 11 is 0. The second-order valence-corrected chi connectivity index (χ2v) is 1.53. The van der Waals surface area contributed by atoms with Crippen LogP contribution in [0, 0.1) is 0 Å². The van der Waals surface area contributed by atoms with E-state index >= 15 is 0 Å². The number of methoxy groups -OCH3 is 2. The first-order valence-electron chi connectivity index (χ1n) is 2.24. The highest BCUT2D eigenvalue weighted by Gasteiger charge is 1.93. The first-order valence-corrected chi connectivity index (χ1v) is 2.82. The molecule has 0 aromatic carbocycles. The highest BCUT2D eigenvalue weighted by Crippen LogP contribution is 1.89. The van der Waals surface area contributed by atoms with Gasteiger partial charge in [-0.3, -0.25) is 0 Å². The number of ether oxygens (including phenoxy) is 2. The van der Waals surface area contributed by atoms with Gasteiger partial charge in [0.05, 0.1) is 10.2 Å². The highest BCUT2D eigenvalue weighted by molar-refractivity contribution is 6.16. The fraction of sp³-hybridized carbons (Fsp3) is 0.600. The van der Waals surface area contributed by atoms with Crippen LogP contribution in [0.5, 0.6) is 0 Å². The molecule has 0 aromatic heterocycles. The van der Waals surface area contributed by atoms with Crippen molar-refractivity contribution in [3.8, 4) is 0 Å². The fourth-order valence-corrected chi connectivity index (χ4v) is 0.489. The Morgan fingerprint density at radius 1 is 1.38 bits per heavy atom. The van der Waals surface area contributed by atoms with Crippen molar-refractivity contribution in [2.75, 3.05) is 14.2 Å². The maximum absolute atomic E-state index is 4.80. The molecule has 45 valence electrons. The van der Waals surface area contributed by atoms with Gasteiger partial charge in [0.15, 0.2) is 6.29 Å². The monoisotopic (exact) mass is 129 g/mol. The van der Waals surface area contributed by atoms with Crippen molar-refractivity contribution in [1.29, 1.82) is 0 Å². The highest BCUT2D eigenvalue weighted by atomic mass is 28.1. The van der Waals surface area contributed by atoms with E-state index in [2.05, 4.69) is 10.2 Å². The van der Waals surface area contributed by atoms with Crippen LogP contribution in [0.2, 0.25) is 0 Å². The zero-order valence-corrected chi connectivity index (χ0v) is 6.05. The lowest BCUT2D eigenvalue weighted by atomic mass is 10.6. The minimum Gasteiger partial charge on any atom is -0.352 e. The molecule has 0 rings (SSSR count). The van der Waals surface area contributed by atoms with Gasteiger partial charge in [0.1, 0.15) is 0 Å². The Balaban J connectivity index is 3.36. The smallest absolute Gasteiger partial charge is 0.175 e. The van der Waals surface area contributed by atoms with Gasteiger partial charge in [0.25, 0.3) is 0 Å². The van der Waals surface area contributed by atoms with E-state index in [1.165, 1.54) is 0 Å². The summed E-state index contributed by atoms with van der Waals surface area (Å²) in [5.41, 5.74) is 1.69. The Morgan fingerprint density at radius 2 is 1.88 bits per heavy atom. The third-order valence-electron chi connectivity index (χ3n) is 0.718. The van der Waals surface area contributed by atoms with Crippen LogP contribution in [-0.4, -0.2) is 30.8 Å². The van der Waals surface area contributed by atoms with E-state index < -0.39 is 0 Å². The van der Waals surface area contributed by atoms with Gasteiger partial charge in [0.2, 0.25) is 0 Å². The predicted octanol–water partition coefficient (Wildman–Crippen LogP) is 0.287. The number of hydrogen-bond donors (Lipinski definition) is 0. The zero-order valence-electron chi connectivity index (χ0n) is 5.05. The lowest BCUT2D eigenvalue weighted by molar-refractivity contribution is -0.0665. The summed E-state index contributed by atoms with van der Waals surface area (Å²) in [6.45, 7) is 0. The maximum Gasteiger partial charge on any atom is 0.175 e. The van der Waals surface area contributed by atoms with E-state index in [1.807, 2.05) is 0 Å². The zero-order chi connectivity index (χ0) is 6.41. The first kappa shape index (κ1) is 7.88. The molecule has 3 radical (unpaired) electrons. The van der Waals surface area contributed by atoms with Crippen LogP contribution in [-0.2, 0) is 9.47 Å². The van der Waals surface area contributed by atoms with Crippen molar-refractivity contribution in [1.82, 2.24) is 0 Å². The summed E-state index contributed by atoms with van der Waals surface area (Å²) in [7, 11) is 6.30. The standard InChI is InChI=1S/C5H9O2Si/c1-6-5(7-2)3-4-8/h3-5H,1-2H3/b4-3+. The number of rotatable bonds is 3. The van der Waals surface area contributed by atoms with Crippen LogP contribution in [0.3, 0.4) is 0 Å². The van der Waals surface area contributed by atoms with Gasteiger partial charge in [-0.15, -0.1) is 5.70 Å². The number of hydrogen-bond acceptors (Lipinski definition) is 2. The average Bonchev–Trinajstić information content (AvgIpc) is 1.83. The maximum atomic E-state index is 4.80. The van der Waals surface area contributed by atoms with E-state index in [9.17, 15) is 0 Å². The van der Waals surface area contributed by atoms with Gasteiger partial charge in [-0.25, -0.2) is 0 Å². The third kappa shape index (κ3) is 2.96. The largest absolute Gasteiger partial charge is 0.352 e. The van der Waals surface area contributed by atoms with Crippen LogP contribution < -0.4 is 0 Å². The van der Waals surface area contributed by atoms with Crippen molar-refractivity contribution in [3.63, 3.8) is 0 Å². The second kappa shape index (κ2) is 5.02. The van der Waals surface area contributed by atoms with E-state index in [0.717, 1.165) is 0 Å². The van der Waals surface area contributed by atoms with Gasteiger partial charge < -0.3 is 9.47 Å². The van der Waals surface area contributed by atoms with Crippen LogP contribution in [0.15, 0.2) is 11.8 Å². The molecule has 0 heterocycles. The quantitative estimate of drug-likeness (QED) is 0.403. The van der Waals surface area contributed by atoms with E-state index in [1.54, 1.807) is 26.0 Å².